The quantitative estimate of drug-likeness (QED) is 0.645. The summed E-state index contributed by atoms with van der Waals surface area (Å²) in [7, 11) is 0. The number of nitrogens with zero attached hydrogens (tertiary/aromatic N) is 2. The monoisotopic (exact) mass is 489 g/mol. The van der Waals surface area contributed by atoms with Gasteiger partial charge >= 0.3 is 0 Å². The maximum Gasteiger partial charge on any atom is 0.229 e. The standard InChI is InChI=1S/C26H33ClFN3O3/c1-25(2,28)20-11-19(20)24(33)30-23-10-16-8-18(21(27)9-17(16)12-29-23)15-4-6-31(7-5-15)26(3)14-34-13-22(26)32/h8-10,12,15,19-20,22,32H,4-7,11,13-14H2,1-3H3,(H,29,30,33)/t19-,20-,22+,26-/m1/s1. The van der Waals surface area contributed by atoms with Gasteiger partial charge in [-0.3, -0.25) is 9.69 Å². The van der Waals surface area contributed by atoms with Gasteiger partial charge in [-0.25, -0.2) is 9.37 Å². The molecule has 0 spiro atoms. The topological polar surface area (TPSA) is 74.7 Å². The predicted molar refractivity (Wildman–Crippen MR) is 131 cm³/mol. The summed E-state index contributed by atoms with van der Waals surface area (Å²) >= 11 is 6.68. The van der Waals surface area contributed by atoms with Gasteiger partial charge in [-0.15, -0.1) is 0 Å². The van der Waals surface area contributed by atoms with Crippen LogP contribution in [-0.4, -0.2) is 64.5 Å². The summed E-state index contributed by atoms with van der Waals surface area (Å²) in [6.07, 6.45) is 3.73. The molecule has 2 N–H and O–H groups in total. The molecule has 1 saturated carbocycles. The van der Waals surface area contributed by atoms with Crippen LogP contribution in [0.1, 0.15) is 51.5 Å². The molecule has 3 fully saturated rings. The zero-order valence-electron chi connectivity index (χ0n) is 20.0. The van der Waals surface area contributed by atoms with E-state index < -0.39 is 11.8 Å². The first-order valence-electron chi connectivity index (χ1n) is 12.2. The van der Waals surface area contributed by atoms with Gasteiger partial charge in [0, 0.05) is 28.4 Å². The number of hydrogen-bond acceptors (Lipinski definition) is 5. The van der Waals surface area contributed by atoms with Gasteiger partial charge in [0.15, 0.2) is 0 Å². The lowest BCUT2D eigenvalue weighted by Crippen LogP contribution is -2.56. The van der Waals surface area contributed by atoms with Crippen molar-refractivity contribution >= 4 is 34.1 Å². The molecule has 0 bridgehead atoms. The third-order valence-corrected chi connectivity index (χ3v) is 8.47. The fourth-order valence-electron chi connectivity index (χ4n) is 5.68. The molecule has 3 aliphatic rings. The molecule has 1 aromatic carbocycles. The van der Waals surface area contributed by atoms with Crippen molar-refractivity contribution in [3.05, 3.63) is 35.0 Å². The van der Waals surface area contributed by atoms with E-state index in [2.05, 4.69) is 28.2 Å². The van der Waals surface area contributed by atoms with Crippen LogP contribution in [0.3, 0.4) is 0 Å². The van der Waals surface area contributed by atoms with Crippen molar-refractivity contribution in [1.82, 2.24) is 9.88 Å². The summed E-state index contributed by atoms with van der Waals surface area (Å²) in [4.78, 5) is 19.3. The number of fused-ring (bicyclic) bond motifs is 1. The molecule has 3 heterocycles. The molecule has 0 unspecified atom stereocenters. The number of rotatable bonds is 5. The van der Waals surface area contributed by atoms with E-state index in [1.165, 1.54) is 13.8 Å². The molecule has 1 aliphatic carbocycles. The van der Waals surface area contributed by atoms with Gasteiger partial charge in [-0.1, -0.05) is 11.6 Å². The van der Waals surface area contributed by atoms with Crippen LogP contribution in [0, 0.1) is 11.8 Å². The Kier molecular flexibility index (Phi) is 6.12. The summed E-state index contributed by atoms with van der Waals surface area (Å²) in [6, 6.07) is 5.91. The number of aliphatic hydroxyl groups is 1. The number of alkyl halides is 1. The highest BCUT2D eigenvalue weighted by molar-refractivity contribution is 6.32. The molecule has 2 saturated heterocycles. The number of pyridine rings is 1. The van der Waals surface area contributed by atoms with E-state index in [1.54, 1.807) is 6.20 Å². The highest BCUT2D eigenvalue weighted by Gasteiger charge is 2.52. The molecule has 8 heteroatoms. The second-order valence-corrected chi connectivity index (χ2v) is 11.3. The third-order valence-electron chi connectivity index (χ3n) is 8.14. The molecule has 0 radical (unpaired) electrons. The van der Waals surface area contributed by atoms with Crippen molar-refractivity contribution in [2.45, 2.75) is 63.3 Å². The van der Waals surface area contributed by atoms with Crippen LogP contribution < -0.4 is 5.32 Å². The molecule has 184 valence electrons. The van der Waals surface area contributed by atoms with Crippen LogP contribution >= 0.6 is 11.6 Å². The minimum Gasteiger partial charge on any atom is -0.389 e. The highest BCUT2D eigenvalue weighted by atomic mass is 35.5. The largest absolute Gasteiger partial charge is 0.389 e. The van der Waals surface area contributed by atoms with Crippen molar-refractivity contribution in [1.29, 1.82) is 0 Å². The minimum absolute atomic E-state index is 0.171. The maximum absolute atomic E-state index is 14.1. The van der Waals surface area contributed by atoms with Crippen LogP contribution in [0.4, 0.5) is 10.2 Å². The zero-order valence-corrected chi connectivity index (χ0v) is 20.7. The van der Waals surface area contributed by atoms with E-state index in [1.807, 2.05) is 12.1 Å². The van der Waals surface area contributed by atoms with Crippen LogP contribution in [0.2, 0.25) is 5.02 Å². The fraction of sp³-hybridized carbons (Fsp3) is 0.615. The molecule has 34 heavy (non-hydrogen) atoms. The molecule has 2 aliphatic heterocycles. The first-order valence-corrected chi connectivity index (χ1v) is 12.5. The van der Waals surface area contributed by atoms with E-state index in [0.29, 0.717) is 31.4 Å². The Bertz CT molecular complexity index is 1100. The number of anilines is 1. The smallest absolute Gasteiger partial charge is 0.229 e. The number of likely N-dealkylation sites (tertiary alicyclic amines) is 1. The number of aromatic nitrogens is 1. The average Bonchev–Trinajstić information content (AvgIpc) is 3.54. The van der Waals surface area contributed by atoms with E-state index in [-0.39, 0.29) is 23.3 Å². The maximum atomic E-state index is 14.1. The fourth-order valence-corrected chi connectivity index (χ4v) is 6.01. The van der Waals surface area contributed by atoms with Gasteiger partial charge in [0.05, 0.1) is 24.9 Å². The van der Waals surface area contributed by atoms with E-state index in [9.17, 15) is 14.3 Å². The molecule has 2 aromatic rings. The lowest BCUT2D eigenvalue weighted by Gasteiger charge is -2.43. The SMILES string of the molecule is CC(C)(F)[C@@H]1C[C@H]1C(=O)Nc1cc2cc(C3CCN([C@]4(C)COC[C@@H]4O)CC3)c(Cl)cc2cn1. The molecular weight excluding hydrogens is 457 g/mol. The van der Waals surface area contributed by atoms with Gasteiger partial charge in [0.1, 0.15) is 11.5 Å². The van der Waals surface area contributed by atoms with Crippen LogP contribution in [0.15, 0.2) is 24.4 Å². The molecule has 1 amide bonds. The Morgan fingerprint density at radius 2 is 2.03 bits per heavy atom. The Labute approximate surface area is 204 Å². The number of halogens is 2. The summed E-state index contributed by atoms with van der Waals surface area (Å²) < 4.78 is 19.6. The van der Waals surface area contributed by atoms with Crippen LogP contribution in [-0.2, 0) is 9.53 Å². The van der Waals surface area contributed by atoms with E-state index in [0.717, 1.165) is 47.3 Å². The van der Waals surface area contributed by atoms with Gasteiger partial charge < -0.3 is 15.2 Å². The number of carbonyl (C=O) groups excluding carboxylic acids is 1. The number of benzene rings is 1. The van der Waals surface area contributed by atoms with Crippen LogP contribution in [0.5, 0.6) is 0 Å². The zero-order chi connectivity index (χ0) is 24.3. The summed E-state index contributed by atoms with van der Waals surface area (Å²) in [5.74, 6) is 0.0979. The molecule has 4 atom stereocenters. The molecular formula is C26H33ClFN3O3. The van der Waals surface area contributed by atoms with Crippen molar-refractivity contribution in [2.75, 3.05) is 31.6 Å². The molecule has 1 aromatic heterocycles. The van der Waals surface area contributed by atoms with Gasteiger partial charge in [0.25, 0.3) is 0 Å². The lowest BCUT2D eigenvalue weighted by atomic mass is 9.85. The number of aliphatic hydroxyl groups excluding tert-OH is 1. The number of amides is 1. The first kappa shape index (κ1) is 23.9. The minimum atomic E-state index is -1.35. The second-order valence-electron chi connectivity index (χ2n) is 10.9. The van der Waals surface area contributed by atoms with Crippen LogP contribution in [0.25, 0.3) is 10.8 Å². The lowest BCUT2D eigenvalue weighted by molar-refractivity contribution is -0.118. The van der Waals surface area contributed by atoms with Crippen molar-refractivity contribution in [3.8, 4) is 0 Å². The van der Waals surface area contributed by atoms with Crippen molar-refractivity contribution < 1.29 is 19.0 Å². The average molecular weight is 490 g/mol. The van der Waals surface area contributed by atoms with E-state index in [4.69, 9.17) is 16.3 Å². The Balaban J connectivity index is 1.29. The number of carbonyl (C=O) groups is 1. The summed E-state index contributed by atoms with van der Waals surface area (Å²) in [5.41, 5.74) is -0.568. The summed E-state index contributed by atoms with van der Waals surface area (Å²) in [5, 5.41) is 15.9. The van der Waals surface area contributed by atoms with Gasteiger partial charge in [-0.05, 0) is 88.2 Å². The van der Waals surface area contributed by atoms with Crippen molar-refractivity contribution in [2.24, 2.45) is 11.8 Å². The van der Waals surface area contributed by atoms with E-state index >= 15 is 0 Å². The normalized spacial score (nSPS) is 30.6. The number of ether oxygens (including phenoxy) is 1. The van der Waals surface area contributed by atoms with Gasteiger partial charge in [-0.2, -0.15) is 0 Å². The Morgan fingerprint density at radius 3 is 2.65 bits per heavy atom. The predicted octanol–water partition coefficient (Wildman–Crippen LogP) is 4.54. The number of piperidine rings is 1. The second kappa shape index (κ2) is 8.70. The van der Waals surface area contributed by atoms with Crippen molar-refractivity contribution in [3.63, 3.8) is 0 Å². The Morgan fingerprint density at radius 1 is 1.29 bits per heavy atom. The Hall–Kier alpha value is -1.80. The highest BCUT2D eigenvalue weighted by Crippen LogP contribution is 2.48. The summed E-state index contributed by atoms with van der Waals surface area (Å²) in [6.45, 7) is 7.84. The number of hydrogen-bond donors (Lipinski definition) is 2. The first-order chi connectivity index (χ1) is 16.1. The number of nitrogens with one attached hydrogen (secondary N) is 1. The van der Waals surface area contributed by atoms with Gasteiger partial charge in [0.2, 0.25) is 5.91 Å². The molecule has 6 nitrogen and oxygen atoms in total. The third kappa shape index (κ3) is 4.43. The molecule has 5 rings (SSSR count).